The van der Waals surface area contributed by atoms with Crippen molar-refractivity contribution in [1.29, 1.82) is 0 Å². The van der Waals surface area contributed by atoms with Crippen LogP contribution in [0.2, 0.25) is 0 Å². The van der Waals surface area contributed by atoms with Gasteiger partial charge < -0.3 is 20.7 Å². The Hall–Kier alpha value is -5.10. The molecule has 0 fully saturated rings. The Balaban J connectivity index is 1.62. The Labute approximate surface area is 240 Å². The number of aryl methyl sites for hydroxylation is 1. The van der Waals surface area contributed by atoms with E-state index in [-0.39, 0.29) is 18.4 Å². The van der Waals surface area contributed by atoms with Gasteiger partial charge >= 0.3 is 6.09 Å². The van der Waals surface area contributed by atoms with Crippen LogP contribution in [-0.4, -0.2) is 39.8 Å². The van der Waals surface area contributed by atoms with Crippen LogP contribution in [0, 0.1) is 11.8 Å². The predicted octanol–water partition coefficient (Wildman–Crippen LogP) is 5.70. The molecule has 9 heteroatoms. The van der Waals surface area contributed by atoms with Crippen LogP contribution in [0.4, 0.5) is 16.3 Å². The van der Waals surface area contributed by atoms with Crippen LogP contribution in [0.5, 0.6) is 0 Å². The van der Waals surface area contributed by atoms with Crippen molar-refractivity contribution in [2.75, 3.05) is 17.2 Å². The largest absolute Gasteiger partial charge is 0.444 e. The van der Waals surface area contributed by atoms with Gasteiger partial charge in [-0.25, -0.2) is 4.79 Å². The molecule has 3 aromatic rings. The van der Waals surface area contributed by atoms with E-state index in [4.69, 9.17) is 4.74 Å². The van der Waals surface area contributed by atoms with Gasteiger partial charge in [-0.1, -0.05) is 54.3 Å². The first-order valence-corrected chi connectivity index (χ1v) is 13.1. The number of allylic oxidation sites excluding steroid dienone is 2. The Morgan fingerprint density at radius 2 is 1.66 bits per heavy atom. The fraction of sp³-hybridized carbons (Fsp3) is 0.250. The second-order valence-electron chi connectivity index (χ2n) is 9.95. The van der Waals surface area contributed by atoms with E-state index in [0.29, 0.717) is 33.9 Å². The van der Waals surface area contributed by atoms with Gasteiger partial charge in [0, 0.05) is 35.5 Å². The number of alkyl carbamates (subject to hydrolysis) is 1. The lowest BCUT2D eigenvalue weighted by molar-refractivity contribution is -0.112. The molecule has 0 unspecified atom stereocenters. The van der Waals surface area contributed by atoms with Crippen molar-refractivity contribution < 1.29 is 19.1 Å². The number of hydrogen-bond acceptors (Lipinski definition) is 5. The molecule has 41 heavy (non-hydrogen) atoms. The second kappa shape index (κ2) is 13.8. The molecule has 0 saturated carbocycles. The van der Waals surface area contributed by atoms with Gasteiger partial charge in [-0.05, 0) is 58.9 Å². The van der Waals surface area contributed by atoms with Crippen LogP contribution in [0.3, 0.4) is 0 Å². The molecule has 0 spiro atoms. The lowest BCUT2D eigenvalue weighted by Crippen LogP contribution is -2.32. The number of benzene rings is 2. The number of amides is 3. The quantitative estimate of drug-likeness (QED) is 0.197. The summed E-state index contributed by atoms with van der Waals surface area (Å²) in [4.78, 5) is 37.3. The first-order valence-electron chi connectivity index (χ1n) is 13.1. The van der Waals surface area contributed by atoms with Crippen molar-refractivity contribution in [3.8, 4) is 23.1 Å². The van der Waals surface area contributed by atoms with Gasteiger partial charge in [0.05, 0.1) is 17.8 Å². The maximum absolute atomic E-state index is 13.0. The van der Waals surface area contributed by atoms with Crippen molar-refractivity contribution in [3.05, 3.63) is 89.5 Å². The Kier molecular flexibility index (Phi) is 10.3. The molecule has 0 aliphatic heterocycles. The van der Waals surface area contributed by atoms with Crippen LogP contribution in [0.15, 0.2) is 84.0 Å². The van der Waals surface area contributed by atoms with E-state index in [2.05, 4.69) is 32.9 Å². The molecule has 0 atom stereocenters. The number of anilines is 2. The number of rotatable bonds is 7. The van der Waals surface area contributed by atoms with E-state index in [9.17, 15) is 14.4 Å². The number of aromatic nitrogens is 2. The number of nitrogens with zero attached hydrogens (tertiary/aromatic N) is 2. The molecule has 0 aliphatic rings. The molecule has 1 aromatic heterocycles. The van der Waals surface area contributed by atoms with E-state index >= 15 is 0 Å². The van der Waals surface area contributed by atoms with Gasteiger partial charge in [-0.3, -0.25) is 14.3 Å². The highest BCUT2D eigenvalue weighted by Crippen LogP contribution is 2.24. The molecule has 0 radical (unpaired) electrons. The van der Waals surface area contributed by atoms with E-state index < -0.39 is 11.7 Å². The normalized spacial score (nSPS) is 11.7. The number of hydrogen-bond donors (Lipinski definition) is 3. The fourth-order valence-corrected chi connectivity index (χ4v) is 3.70. The summed E-state index contributed by atoms with van der Waals surface area (Å²) in [7, 11) is 1.76. The second-order valence-corrected chi connectivity index (χ2v) is 9.95. The van der Waals surface area contributed by atoms with Gasteiger partial charge in [0.25, 0.3) is 11.8 Å². The Morgan fingerprint density at radius 3 is 2.27 bits per heavy atom. The van der Waals surface area contributed by atoms with Crippen LogP contribution in [-0.2, 0) is 16.6 Å². The predicted molar refractivity (Wildman–Crippen MR) is 161 cm³/mol. The smallest absolute Gasteiger partial charge is 0.408 e. The molecule has 212 valence electrons. The Bertz CT molecular complexity index is 1520. The minimum Gasteiger partial charge on any atom is -0.444 e. The minimum absolute atomic E-state index is 0.0809. The van der Waals surface area contributed by atoms with E-state index in [1.54, 1.807) is 88.8 Å². The zero-order valence-corrected chi connectivity index (χ0v) is 24.2. The van der Waals surface area contributed by atoms with Crippen LogP contribution in [0.25, 0.3) is 11.3 Å². The van der Waals surface area contributed by atoms with Gasteiger partial charge in [0.2, 0.25) is 0 Å². The molecular formula is C32H35N5O4. The first kappa shape index (κ1) is 30.4. The summed E-state index contributed by atoms with van der Waals surface area (Å²) in [5.74, 6) is 5.82. The molecule has 2 aromatic carbocycles. The average molecular weight is 554 g/mol. The molecule has 1 heterocycles. The van der Waals surface area contributed by atoms with Crippen molar-refractivity contribution in [1.82, 2.24) is 15.1 Å². The highest BCUT2D eigenvalue weighted by molar-refractivity contribution is 6.08. The van der Waals surface area contributed by atoms with Crippen molar-refractivity contribution >= 4 is 29.4 Å². The number of carbonyl (C=O) groups excluding carboxylic acids is 3. The highest BCUT2D eigenvalue weighted by atomic mass is 16.6. The van der Waals surface area contributed by atoms with Crippen molar-refractivity contribution in [3.63, 3.8) is 0 Å². The lowest BCUT2D eigenvalue weighted by atomic mass is 10.0. The van der Waals surface area contributed by atoms with E-state index in [1.807, 2.05) is 30.3 Å². The van der Waals surface area contributed by atoms with Crippen molar-refractivity contribution in [2.45, 2.75) is 40.2 Å². The van der Waals surface area contributed by atoms with Crippen LogP contribution >= 0.6 is 0 Å². The highest BCUT2D eigenvalue weighted by Gasteiger charge is 2.16. The first-order chi connectivity index (χ1) is 19.5. The summed E-state index contributed by atoms with van der Waals surface area (Å²) in [5.41, 5.74) is 3.00. The zero-order chi connectivity index (χ0) is 30.0. The fourth-order valence-electron chi connectivity index (χ4n) is 3.70. The molecule has 9 nitrogen and oxygen atoms in total. The summed E-state index contributed by atoms with van der Waals surface area (Å²) in [5, 5.41) is 12.9. The molecule has 0 bridgehead atoms. The van der Waals surface area contributed by atoms with Gasteiger partial charge in [-0.15, -0.1) is 0 Å². The summed E-state index contributed by atoms with van der Waals surface area (Å²) in [6, 6.07) is 18.0. The standard InChI is InChI=1S/C32H35N5O4/c1-7-22(15-12-20-33-31(40)41-32(3,4)5)26(8-2)30(39)34-25-18-16-23(17-19-25)27-21-28(37(6)36-27)35-29(38)24-13-10-9-11-14-24/h7-11,13-14,16-19,21H,20H2,1-6H3,(H,33,40)(H,34,39)(H,35,38)/b22-7-,26-8+. The molecule has 3 amide bonds. The summed E-state index contributed by atoms with van der Waals surface area (Å²) in [6.45, 7) is 8.98. The third-order valence-corrected chi connectivity index (χ3v) is 5.65. The Morgan fingerprint density at radius 1 is 0.976 bits per heavy atom. The summed E-state index contributed by atoms with van der Waals surface area (Å²) in [6.07, 6.45) is 2.88. The molecule has 0 aliphatic carbocycles. The molecular weight excluding hydrogens is 518 g/mol. The van der Waals surface area contributed by atoms with Gasteiger partial charge in [0.1, 0.15) is 11.4 Å². The third-order valence-electron chi connectivity index (χ3n) is 5.65. The van der Waals surface area contributed by atoms with Crippen LogP contribution in [0.1, 0.15) is 45.0 Å². The monoisotopic (exact) mass is 553 g/mol. The van der Waals surface area contributed by atoms with Crippen LogP contribution < -0.4 is 16.0 Å². The SMILES string of the molecule is C/C=C(C#CCNC(=O)OC(C)(C)C)\C(=C/C)C(=O)Nc1ccc(-c2cc(NC(=O)c3ccccc3)n(C)n2)cc1. The number of nitrogens with one attached hydrogen (secondary N) is 3. The minimum atomic E-state index is -0.596. The lowest BCUT2D eigenvalue weighted by Gasteiger charge is -2.19. The topological polar surface area (TPSA) is 114 Å². The molecule has 3 rings (SSSR count). The maximum Gasteiger partial charge on any atom is 0.408 e. The summed E-state index contributed by atoms with van der Waals surface area (Å²) >= 11 is 0. The zero-order valence-electron chi connectivity index (χ0n) is 24.2. The van der Waals surface area contributed by atoms with E-state index in [1.165, 1.54) is 0 Å². The van der Waals surface area contributed by atoms with Gasteiger partial charge in [0.15, 0.2) is 0 Å². The summed E-state index contributed by atoms with van der Waals surface area (Å²) < 4.78 is 6.79. The maximum atomic E-state index is 13.0. The molecule has 0 saturated heterocycles. The number of ether oxygens (including phenoxy) is 1. The van der Waals surface area contributed by atoms with E-state index in [0.717, 1.165) is 5.56 Å². The third kappa shape index (κ3) is 8.97. The van der Waals surface area contributed by atoms with Crippen molar-refractivity contribution in [2.24, 2.45) is 7.05 Å². The average Bonchev–Trinajstić information content (AvgIpc) is 3.29. The molecule has 3 N–H and O–H groups in total. The number of carbonyl (C=O) groups is 3. The van der Waals surface area contributed by atoms with Gasteiger partial charge in [-0.2, -0.15) is 5.10 Å².